The van der Waals surface area contributed by atoms with Gasteiger partial charge in [-0.15, -0.1) is 0 Å². The van der Waals surface area contributed by atoms with Gasteiger partial charge in [0, 0.05) is 22.9 Å². The molecule has 0 aliphatic rings. The average molecular weight is 459 g/mol. The Hall–Kier alpha value is -2.41. The van der Waals surface area contributed by atoms with E-state index in [0.717, 1.165) is 10.6 Å². The molecule has 1 heterocycles. The minimum atomic E-state index is -1.51. The second-order valence-electron chi connectivity index (χ2n) is 6.21. The molecule has 0 bridgehead atoms. The largest absolute Gasteiger partial charge is 0.477 e. The Kier molecular flexibility index (Phi) is 5.98. The molecule has 1 N–H and O–H groups in total. The summed E-state index contributed by atoms with van der Waals surface area (Å²) < 4.78 is 28.2. The molecular weight excluding hydrogens is 447 g/mol. The van der Waals surface area contributed by atoms with Crippen molar-refractivity contribution in [2.75, 3.05) is 0 Å². The monoisotopic (exact) mass is 457 g/mol. The van der Waals surface area contributed by atoms with E-state index in [2.05, 4.69) is 0 Å². The molecule has 0 aliphatic heterocycles. The Morgan fingerprint density at radius 1 is 1.07 bits per heavy atom. The standard InChI is InChI=1S/C20H12Cl3F2NO3/c1-9-18(23)16(10-3-5-13(21)14(22)6-10)17(20(28)29)19(27)26(9)8-11-2-4-12(24)7-15(11)25/h2-7H,8H2,1H3,(H,28,29). The molecule has 0 saturated carbocycles. The molecule has 0 unspecified atom stereocenters. The first kappa shape index (κ1) is 21.3. The van der Waals surface area contributed by atoms with Crippen LogP contribution in [0.25, 0.3) is 11.1 Å². The van der Waals surface area contributed by atoms with Crippen LogP contribution in [-0.2, 0) is 6.54 Å². The van der Waals surface area contributed by atoms with E-state index in [4.69, 9.17) is 34.8 Å². The Labute approximate surface area is 178 Å². The highest BCUT2D eigenvalue weighted by Crippen LogP contribution is 2.35. The number of halogens is 5. The number of pyridine rings is 1. The van der Waals surface area contributed by atoms with Crippen LogP contribution >= 0.6 is 34.8 Å². The van der Waals surface area contributed by atoms with Gasteiger partial charge < -0.3 is 9.67 Å². The number of carboxylic acids is 1. The molecule has 0 amide bonds. The molecule has 0 atom stereocenters. The maximum Gasteiger partial charge on any atom is 0.342 e. The summed E-state index contributed by atoms with van der Waals surface area (Å²) in [5.41, 5.74) is -0.985. The van der Waals surface area contributed by atoms with E-state index in [9.17, 15) is 23.5 Å². The van der Waals surface area contributed by atoms with Crippen molar-refractivity contribution in [3.05, 3.63) is 90.3 Å². The maximum atomic E-state index is 14.1. The first-order valence-corrected chi connectivity index (χ1v) is 9.30. The van der Waals surface area contributed by atoms with Crippen LogP contribution in [0.1, 0.15) is 21.6 Å². The summed E-state index contributed by atoms with van der Waals surface area (Å²) in [5.74, 6) is -3.14. The van der Waals surface area contributed by atoms with E-state index >= 15 is 0 Å². The van der Waals surface area contributed by atoms with Gasteiger partial charge in [0.15, 0.2) is 0 Å². The van der Waals surface area contributed by atoms with Gasteiger partial charge >= 0.3 is 5.97 Å². The lowest BCUT2D eigenvalue weighted by atomic mass is 9.99. The predicted octanol–water partition coefficient (Wildman–Crippen LogP) is 5.81. The average Bonchev–Trinajstić information content (AvgIpc) is 2.65. The fourth-order valence-electron chi connectivity index (χ4n) is 2.94. The molecule has 0 saturated heterocycles. The summed E-state index contributed by atoms with van der Waals surface area (Å²) in [6.07, 6.45) is 0. The second-order valence-corrected chi connectivity index (χ2v) is 7.40. The zero-order chi connectivity index (χ0) is 21.5. The topological polar surface area (TPSA) is 59.3 Å². The van der Waals surface area contributed by atoms with Crippen molar-refractivity contribution >= 4 is 40.8 Å². The predicted molar refractivity (Wildman–Crippen MR) is 108 cm³/mol. The third-order valence-corrected chi connectivity index (χ3v) is 5.62. The van der Waals surface area contributed by atoms with Crippen LogP contribution in [-0.4, -0.2) is 15.6 Å². The van der Waals surface area contributed by atoms with Crippen molar-refractivity contribution in [1.29, 1.82) is 0 Å². The lowest BCUT2D eigenvalue weighted by Crippen LogP contribution is -2.30. The molecule has 0 radical (unpaired) electrons. The Morgan fingerprint density at radius 2 is 1.76 bits per heavy atom. The number of rotatable bonds is 4. The third-order valence-electron chi connectivity index (χ3n) is 4.42. The zero-order valence-corrected chi connectivity index (χ0v) is 17.0. The number of benzene rings is 2. The molecule has 150 valence electrons. The highest BCUT2D eigenvalue weighted by molar-refractivity contribution is 6.42. The molecule has 2 aromatic carbocycles. The van der Waals surface area contributed by atoms with Gasteiger partial charge in [0.25, 0.3) is 5.56 Å². The number of carboxylic acid groups (broad SMARTS) is 1. The number of nitrogens with zero attached hydrogens (tertiary/aromatic N) is 1. The van der Waals surface area contributed by atoms with Crippen molar-refractivity contribution in [3.8, 4) is 11.1 Å². The van der Waals surface area contributed by atoms with Crippen molar-refractivity contribution in [1.82, 2.24) is 4.57 Å². The van der Waals surface area contributed by atoms with Crippen LogP contribution in [0.4, 0.5) is 8.78 Å². The number of aromatic nitrogens is 1. The Morgan fingerprint density at radius 3 is 2.34 bits per heavy atom. The molecule has 4 nitrogen and oxygen atoms in total. The quantitative estimate of drug-likeness (QED) is 0.537. The van der Waals surface area contributed by atoms with Crippen LogP contribution in [0.15, 0.2) is 41.2 Å². The molecular formula is C20H12Cl3F2NO3. The molecule has 3 aromatic rings. The first-order chi connectivity index (χ1) is 13.6. The van der Waals surface area contributed by atoms with E-state index < -0.39 is 28.7 Å². The SMILES string of the molecule is Cc1c(Cl)c(-c2ccc(Cl)c(Cl)c2)c(C(=O)O)c(=O)n1Cc1ccc(F)cc1F. The minimum Gasteiger partial charge on any atom is -0.477 e. The van der Waals surface area contributed by atoms with Crippen molar-refractivity contribution in [3.63, 3.8) is 0 Å². The van der Waals surface area contributed by atoms with Gasteiger partial charge in [-0.05, 0) is 30.7 Å². The van der Waals surface area contributed by atoms with Crippen molar-refractivity contribution < 1.29 is 18.7 Å². The molecule has 0 spiro atoms. The van der Waals surface area contributed by atoms with E-state index in [1.54, 1.807) is 0 Å². The van der Waals surface area contributed by atoms with Gasteiger partial charge in [-0.25, -0.2) is 13.6 Å². The number of carbonyl (C=O) groups is 1. The van der Waals surface area contributed by atoms with Crippen LogP contribution < -0.4 is 5.56 Å². The maximum absolute atomic E-state index is 14.1. The van der Waals surface area contributed by atoms with Crippen LogP contribution in [0.5, 0.6) is 0 Å². The summed E-state index contributed by atoms with van der Waals surface area (Å²) in [6, 6.07) is 7.25. The minimum absolute atomic E-state index is 0.00583. The van der Waals surface area contributed by atoms with E-state index in [1.807, 2.05) is 0 Å². The summed E-state index contributed by atoms with van der Waals surface area (Å²) in [7, 11) is 0. The second kappa shape index (κ2) is 8.14. The van der Waals surface area contributed by atoms with Gasteiger partial charge in [-0.1, -0.05) is 46.9 Å². The molecule has 1 aromatic heterocycles. The highest BCUT2D eigenvalue weighted by Gasteiger charge is 2.25. The number of hydrogen-bond acceptors (Lipinski definition) is 2. The van der Waals surface area contributed by atoms with Crippen molar-refractivity contribution in [2.24, 2.45) is 0 Å². The van der Waals surface area contributed by atoms with E-state index in [1.165, 1.54) is 31.2 Å². The normalized spacial score (nSPS) is 11.0. The van der Waals surface area contributed by atoms with Gasteiger partial charge in [0.05, 0.1) is 21.6 Å². The summed E-state index contributed by atoms with van der Waals surface area (Å²) >= 11 is 18.3. The molecule has 3 rings (SSSR count). The fourth-order valence-corrected chi connectivity index (χ4v) is 3.54. The number of aromatic carboxylic acids is 1. The third kappa shape index (κ3) is 4.01. The summed E-state index contributed by atoms with van der Waals surface area (Å²) in [5, 5.41) is 10.1. The van der Waals surface area contributed by atoms with Crippen LogP contribution in [0.2, 0.25) is 15.1 Å². The van der Waals surface area contributed by atoms with Gasteiger partial charge in [0.1, 0.15) is 17.2 Å². The van der Waals surface area contributed by atoms with Crippen molar-refractivity contribution in [2.45, 2.75) is 13.5 Å². The van der Waals surface area contributed by atoms with Gasteiger partial charge in [0.2, 0.25) is 0 Å². The number of hydrogen-bond donors (Lipinski definition) is 1. The Balaban J connectivity index is 2.27. The first-order valence-electron chi connectivity index (χ1n) is 8.17. The van der Waals surface area contributed by atoms with Crippen LogP contribution in [0.3, 0.4) is 0 Å². The molecule has 9 heteroatoms. The molecule has 29 heavy (non-hydrogen) atoms. The van der Waals surface area contributed by atoms with E-state index in [-0.39, 0.29) is 38.4 Å². The van der Waals surface area contributed by atoms with Gasteiger partial charge in [-0.3, -0.25) is 4.79 Å². The smallest absolute Gasteiger partial charge is 0.342 e. The van der Waals surface area contributed by atoms with Crippen LogP contribution in [0, 0.1) is 18.6 Å². The summed E-state index contributed by atoms with van der Waals surface area (Å²) in [4.78, 5) is 24.9. The molecule has 0 aliphatic carbocycles. The Bertz CT molecular complexity index is 1210. The highest BCUT2D eigenvalue weighted by atomic mass is 35.5. The molecule has 0 fully saturated rings. The van der Waals surface area contributed by atoms with E-state index in [0.29, 0.717) is 11.6 Å². The zero-order valence-electron chi connectivity index (χ0n) is 14.8. The lowest BCUT2D eigenvalue weighted by molar-refractivity contribution is 0.0695. The fraction of sp³-hybridized carbons (Fsp3) is 0.100. The summed E-state index contributed by atoms with van der Waals surface area (Å²) in [6.45, 7) is 1.18. The lowest BCUT2D eigenvalue weighted by Gasteiger charge is -2.18. The van der Waals surface area contributed by atoms with Gasteiger partial charge in [-0.2, -0.15) is 0 Å².